The summed E-state index contributed by atoms with van der Waals surface area (Å²) in [5.41, 5.74) is 1.88. The van der Waals surface area contributed by atoms with E-state index in [1.54, 1.807) is 0 Å². The van der Waals surface area contributed by atoms with Crippen molar-refractivity contribution in [3.63, 3.8) is 0 Å². The van der Waals surface area contributed by atoms with Crippen LogP contribution in [0.5, 0.6) is 11.5 Å². The van der Waals surface area contributed by atoms with Crippen LogP contribution in [0.2, 0.25) is 0 Å². The lowest BCUT2D eigenvalue weighted by Crippen LogP contribution is -2.17. The van der Waals surface area contributed by atoms with E-state index in [1.165, 1.54) is 0 Å². The number of benzene rings is 3. The van der Waals surface area contributed by atoms with Crippen LogP contribution >= 0.6 is 0 Å². The van der Waals surface area contributed by atoms with Gasteiger partial charge in [-0.1, -0.05) is 37.4 Å². The van der Waals surface area contributed by atoms with Crippen molar-refractivity contribution in [1.29, 1.82) is 0 Å². The van der Waals surface area contributed by atoms with Crippen molar-refractivity contribution >= 4 is 28.7 Å². The molecule has 3 heteroatoms. The maximum absolute atomic E-state index is 6.15. The molecular weight excluding hydrogens is 296 g/mol. The summed E-state index contributed by atoms with van der Waals surface area (Å²) in [4.78, 5) is 6.90. The summed E-state index contributed by atoms with van der Waals surface area (Å²) in [6.07, 6.45) is 1.82. The Kier molecular flexibility index (Phi) is 3.35. The fourth-order valence-corrected chi connectivity index (χ4v) is 3.11. The van der Waals surface area contributed by atoms with Crippen LogP contribution in [-0.2, 0) is 0 Å². The maximum Gasteiger partial charge on any atom is 0.155 e. The minimum absolute atomic E-state index is 0.755. The summed E-state index contributed by atoms with van der Waals surface area (Å²) in [5, 5.41) is 3.98. The smallest absolute Gasteiger partial charge is 0.155 e. The van der Waals surface area contributed by atoms with Crippen LogP contribution in [0.15, 0.2) is 66.3 Å². The Morgan fingerprint density at radius 3 is 2.62 bits per heavy atom. The van der Waals surface area contributed by atoms with Crippen LogP contribution < -0.4 is 20.2 Å². The largest absolute Gasteiger partial charge is 0.453 e. The molecule has 3 aromatic carbocycles. The zero-order valence-electron chi connectivity index (χ0n) is 13.6. The second kappa shape index (κ2) is 5.53. The summed E-state index contributed by atoms with van der Waals surface area (Å²) >= 11 is 0. The quantitative estimate of drug-likeness (QED) is 0.564. The van der Waals surface area contributed by atoms with Gasteiger partial charge in [-0.25, -0.2) is 4.99 Å². The van der Waals surface area contributed by atoms with Crippen molar-refractivity contribution in [1.82, 2.24) is 0 Å². The first-order valence-electron chi connectivity index (χ1n) is 8.02. The van der Waals surface area contributed by atoms with E-state index >= 15 is 0 Å². The predicted molar refractivity (Wildman–Crippen MR) is 99.6 cm³/mol. The van der Waals surface area contributed by atoms with Gasteiger partial charge in [0.15, 0.2) is 11.5 Å². The van der Waals surface area contributed by atoms with Crippen molar-refractivity contribution in [3.05, 3.63) is 71.9 Å². The lowest BCUT2D eigenvalue weighted by molar-refractivity contribution is 0.471. The lowest BCUT2D eigenvalue weighted by atomic mass is 10.1. The Morgan fingerprint density at radius 1 is 1.08 bits per heavy atom. The standard InChI is InChI=1S/C21H18N2O/c1-4-23(5-2)15-10-11-18-19(13-15)24-20-12-14(3)16-8-6-7-9-17(16)21(20)22-18/h4,6-13H,1,3,5H2,2H3. The molecule has 1 heterocycles. The Labute approximate surface area is 140 Å². The van der Waals surface area contributed by atoms with E-state index in [9.17, 15) is 0 Å². The van der Waals surface area contributed by atoms with Gasteiger partial charge in [0.05, 0.1) is 0 Å². The van der Waals surface area contributed by atoms with Crippen molar-refractivity contribution in [2.24, 2.45) is 4.99 Å². The lowest BCUT2D eigenvalue weighted by Gasteiger charge is -2.21. The molecule has 0 saturated heterocycles. The Bertz CT molecular complexity index is 1070. The van der Waals surface area contributed by atoms with E-state index in [-0.39, 0.29) is 0 Å². The van der Waals surface area contributed by atoms with E-state index in [2.05, 4.69) is 37.1 Å². The maximum atomic E-state index is 6.15. The number of ether oxygens (including phenoxy) is 1. The average molecular weight is 314 g/mol. The number of nitrogens with zero attached hydrogens (tertiary/aromatic N) is 2. The second-order valence-electron chi connectivity index (χ2n) is 5.76. The highest BCUT2D eigenvalue weighted by Gasteiger charge is 2.16. The first-order chi connectivity index (χ1) is 11.7. The van der Waals surface area contributed by atoms with Crippen LogP contribution in [0.3, 0.4) is 0 Å². The van der Waals surface area contributed by atoms with Crippen LogP contribution in [-0.4, -0.2) is 6.54 Å². The van der Waals surface area contributed by atoms with Crippen LogP contribution in [0, 0.1) is 0 Å². The summed E-state index contributed by atoms with van der Waals surface area (Å²) in [5.74, 6) is 1.51. The minimum atomic E-state index is 0.755. The molecule has 0 spiro atoms. The molecule has 1 aliphatic heterocycles. The summed E-state index contributed by atoms with van der Waals surface area (Å²) in [6, 6.07) is 16.2. The van der Waals surface area contributed by atoms with E-state index in [1.807, 2.05) is 42.6 Å². The normalized spacial score (nSPS) is 11.9. The van der Waals surface area contributed by atoms with E-state index in [0.29, 0.717) is 0 Å². The van der Waals surface area contributed by atoms with Crippen molar-refractivity contribution in [2.45, 2.75) is 6.92 Å². The van der Waals surface area contributed by atoms with Gasteiger partial charge >= 0.3 is 0 Å². The van der Waals surface area contributed by atoms with Crippen molar-refractivity contribution in [2.75, 3.05) is 11.4 Å². The first kappa shape index (κ1) is 14.5. The minimum Gasteiger partial charge on any atom is -0.453 e. The van der Waals surface area contributed by atoms with E-state index < -0.39 is 0 Å². The van der Waals surface area contributed by atoms with Gasteiger partial charge in [0, 0.05) is 23.7 Å². The molecule has 0 saturated carbocycles. The molecule has 0 fully saturated rings. The van der Waals surface area contributed by atoms with Gasteiger partial charge in [-0.2, -0.15) is 0 Å². The van der Waals surface area contributed by atoms with Gasteiger partial charge in [0.25, 0.3) is 0 Å². The third-order valence-electron chi connectivity index (χ3n) is 4.36. The molecule has 24 heavy (non-hydrogen) atoms. The van der Waals surface area contributed by atoms with Gasteiger partial charge in [-0.3, -0.25) is 0 Å². The van der Waals surface area contributed by atoms with Gasteiger partial charge in [-0.15, -0.1) is 0 Å². The molecule has 0 bridgehead atoms. The number of rotatable bonds is 3. The Morgan fingerprint density at radius 2 is 1.88 bits per heavy atom. The summed E-state index contributed by atoms with van der Waals surface area (Å²) < 4.78 is 6.15. The second-order valence-corrected chi connectivity index (χ2v) is 5.76. The van der Waals surface area contributed by atoms with E-state index in [0.717, 1.165) is 50.8 Å². The third-order valence-corrected chi connectivity index (χ3v) is 4.36. The number of anilines is 1. The average Bonchev–Trinajstić information content (AvgIpc) is 2.62. The molecule has 0 aliphatic carbocycles. The zero-order valence-corrected chi connectivity index (χ0v) is 13.6. The molecule has 0 N–H and O–H groups in total. The fraction of sp³-hybridized carbons (Fsp3) is 0.0952. The molecule has 1 aliphatic rings. The number of fused-ring (bicyclic) bond motifs is 4. The van der Waals surface area contributed by atoms with Gasteiger partial charge in [0.1, 0.15) is 11.0 Å². The molecule has 118 valence electrons. The topological polar surface area (TPSA) is 24.8 Å². The molecule has 3 aromatic rings. The highest BCUT2D eigenvalue weighted by atomic mass is 16.5. The first-order valence-corrected chi connectivity index (χ1v) is 8.02. The van der Waals surface area contributed by atoms with Gasteiger partial charge in [0.2, 0.25) is 0 Å². The molecular formula is C21H18N2O. The molecule has 0 aromatic heterocycles. The summed E-state index contributed by atoms with van der Waals surface area (Å²) in [7, 11) is 0. The highest BCUT2D eigenvalue weighted by Crippen LogP contribution is 2.37. The van der Waals surface area contributed by atoms with Gasteiger partial charge in [-0.05, 0) is 41.9 Å². The SMILES string of the molecule is C=CN(CC)c1ccc2c(c1)Oc1cc(=C)c3ccccc3c1=N2. The molecule has 0 unspecified atom stereocenters. The monoisotopic (exact) mass is 314 g/mol. The van der Waals surface area contributed by atoms with Crippen molar-refractivity contribution in [3.8, 4) is 11.5 Å². The molecule has 4 rings (SSSR count). The molecule has 0 amide bonds. The fourth-order valence-electron chi connectivity index (χ4n) is 3.11. The van der Waals surface area contributed by atoms with Crippen LogP contribution in [0.25, 0.3) is 17.4 Å². The predicted octanol–water partition coefficient (Wildman–Crippen LogP) is 4.28. The zero-order chi connectivity index (χ0) is 16.7. The Hall–Kier alpha value is -3.07. The van der Waals surface area contributed by atoms with E-state index in [4.69, 9.17) is 9.73 Å². The molecule has 3 nitrogen and oxygen atoms in total. The molecule has 0 atom stereocenters. The van der Waals surface area contributed by atoms with Crippen LogP contribution in [0.1, 0.15) is 6.92 Å². The van der Waals surface area contributed by atoms with Gasteiger partial charge < -0.3 is 9.64 Å². The number of hydrogen-bond acceptors (Lipinski definition) is 3. The third kappa shape index (κ3) is 2.17. The summed E-state index contributed by atoms with van der Waals surface area (Å²) in [6.45, 7) is 10.9. The molecule has 0 radical (unpaired) electrons. The van der Waals surface area contributed by atoms with Crippen molar-refractivity contribution < 1.29 is 4.74 Å². The highest BCUT2D eigenvalue weighted by molar-refractivity contribution is 5.85. The Balaban J connectivity index is 1.95. The number of hydrogen-bond donors (Lipinski definition) is 0. The van der Waals surface area contributed by atoms with Crippen LogP contribution in [0.4, 0.5) is 11.4 Å².